The Labute approximate surface area is 221 Å². The molecule has 0 saturated carbocycles. The van der Waals surface area contributed by atoms with E-state index in [1.54, 1.807) is 11.1 Å². The van der Waals surface area contributed by atoms with Crippen LogP contribution in [-0.4, -0.2) is 58.2 Å². The highest BCUT2D eigenvalue weighted by Crippen LogP contribution is 2.47. The van der Waals surface area contributed by atoms with Crippen LogP contribution in [-0.2, 0) is 32.6 Å². The average Bonchev–Trinajstić information content (AvgIpc) is 3.62. The molecule has 1 spiro atoms. The minimum atomic E-state index is -0.648. The lowest BCUT2D eigenvalue weighted by Gasteiger charge is -2.43. The SMILES string of the molecule is O=C(CN1C(=O)[C@H]2CCCN2C[C@H]1c1ccccc1)Nc1ccc2c(c1)C[C@@]1(C2)C(=O)Nc2ncccc21. The van der Waals surface area contributed by atoms with Crippen molar-refractivity contribution in [3.05, 3.63) is 89.1 Å². The first-order chi connectivity index (χ1) is 18.5. The minimum absolute atomic E-state index is 0.00517. The van der Waals surface area contributed by atoms with Crippen LogP contribution in [0.2, 0.25) is 0 Å². The maximum Gasteiger partial charge on any atom is 0.244 e. The van der Waals surface area contributed by atoms with Crippen LogP contribution in [0.3, 0.4) is 0 Å². The van der Waals surface area contributed by atoms with E-state index in [4.69, 9.17) is 0 Å². The van der Waals surface area contributed by atoms with Crippen molar-refractivity contribution < 1.29 is 14.4 Å². The van der Waals surface area contributed by atoms with Gasteiger partial charge in [0, 0.05) is 24.0 Å². The number of nitrogens with zero attached hydrogens (tertiary/aromatic N) is 3. The Kier molecular flexibility index (Phi) is 5.33. The van der Waals surface area contributed by atoms with E-state index in [1.807, 2.05) is 60.7 Å². The molecule has 192 valence electrons. The van der Waals surface area contributed by atoms with E-state index in [9.17, 15) is 14.4 Å². The normalized spacial score (nSPS) is 25.7. The van der Waals surface area contributed by atoms with Crippen molar-refractivity contribution in [3.8, 4) is 0 Å². The molecular formula is C30H29N5O3. The fraction of sp³-hybridized carbons (Fsp3) is 0.333. The smallest absolute Gasteiger partial charge is 0.244 e. The molecular weight excluding hydrogens is 478 g/mol. The molecule has 2 fully saturated rings. The van der Waals surface area contributed by atoms with Crippen LogP contribution in [0.25, 0.3) is 0 Å². The van der Waals surface area contributed by atoms with Gasteiger partial charge in [0.25, 0.3) is 0 Å². The number of fused-ring (bicyclic) bond motifs is 4. The highest BCUT2D eigenvalue weighted by molar-refractivity contribution is 6.06. The number of carbonyl (C=O) groups excluding carboxylic acids is 3. The molecule has 3 aliphatic heterocycles. The second-order valence-electron chi connectivity index (χ2n) is 10.9. The van der Waals surface area contributed by atoms with Crippen LogP contribution in [0, 0.1) is 0 Å². The van der Waals surface area contributed by atoms with Crippen molar-refractivity contribution in [2.45, 2.75) is 43.2 Å². The van der Waals surface area contributed by atoms with Gasteiger partial charge in [0.05, 0.1) is 17.5 Å². The van der Waals surface area contributed by atoms with Gasteiger partial charge in [-0.05, 0) is 67.1 Å². The second kappa shape index (κ2) is 8.77. The molecule has 2 N–H and O–H groups in total. The fourth-order valence-electron chi connectivity index (χ4n) is 6.84. The maximum atomic E-state index is 13.5. The predicted molar refractivity (Wildman–Crippen MR) is 143 cm³/mol. The monoisotopic (exact) mass is 507 g/mol. The topological polar surface area (TPSA) is 94.6 Å². The summed E-state index contributed by atoms with van der Waals surface area (Å²) < 4.78 is 0. The highest BCUT2D eigenvalue weighted by atomic mass is 16.2. The molecule has 0 radical (unpaired) electrons. The summed E-state index contributed by atoms with van der Waals surface area (Å²) in [6.45, 7) is 1.67. The first kappa shape index (κ1) is 23.1. The lowest BCUT2D eigenvalue weighted by molar-refractivity contribution is -0.147. The lowest BCUT2D eigenvalue weighted by Crippen LogP contribution is -2.57. The van der Waals surface area contributed by atoms with Gasteiger partial charge in [-0.25, -0.2) is 4.98 Å². The van der Waals surface area contributed by atoms with E-state index in [0.717, 1.165) is 48.2 Å². The molecule has 1 aromatic heterocycles. The summed E-state index contributed by atoms with van der Waals surface area (Å²) in [5.74, 6) is 0.433. The maximum absolute atomic E-state index is 13.5. The second-order valence-corrected chi connectivity index (χ2v) is 10.9. The van der Waals surface area contributed by atoms with Gasteiger partial charge >= 0.3 is 0 Å². The zero-order valence-electron chi connectivity index (χ0n) is 21.0. The van der Waals surface area contributed by atoms with Crippen molar-refractivity contribution in [1.82, 2.24) is 14.8 Å². The number of pyridine rings is 1. The largest absolute Gasteiger partial charge is 0.325 e. The number of amides is 3. The molecule has 3 amide bonds. The Morgan fingerprint density at radius 3 is 2.74 bits per heavy atom. The molecule has 8 heteroatoms. The number of hydrogen-bond donors (Lipinski definition) is 2. The van der Waals surface area contributed by atoms with Crippen LogP contribution in [0.15, 0.2) is 66.9 Å². The standard InChI is InChI=1S/C30H29N5O3/c36-26(18-35-25(19-6-2-1-3-7-19)17-34-13-5-9-24(34)28(35)37)32-22-11-10-20-15-30(16-21(20)14-22)23-8-4-12-31-27(23)33-29(30)38/h1-4,6-8,10-12,14,24-25H,5,9,13,15-18H2,(H,32,36)(H,31,33,38)/t24-,25+,30-/m1/s1. The number of rotatable bonds is 4. The van der Waals surface area contributed by atoms with Crippen molar-refractivity contribution >= 4 is 29.2 Å². The number of carbonyl (C=O) groups is 3. The molecule has 2 saturated heterocycles. The summed E-state index contributed by atoms with van der Waals surface area (Å²) in [7, 11) is 0. The van der Waals surface area contributed by atoms with Crippen LogP contribution in [0.5, 0.6) is 0 Å². The predicted octanol–water partition coefficient (Wildman–Crippen LogP) is 3.06. The zero-order chi connectivity index (χ0) is 25.9. The first-order valence-electron chi connectivity index (χ1n) is 13.3. The summed E-state index contributed by atoms with van der Waals surface area (Å²) >= 11 is 0. The van der Waals surface area contributed by atoms with Gasteiger partial charge < -0.3 is 15.5 Å². The minimum Gasteiger partial charge on any atom is -0.325 e. The fourth-order valence-corrected chi connectivity index (χ4v) is 6.84. The van der Waals surface area contributed by atoms with Gasteiger partial charge in [-0.15, -0.1) is 0 Å². The third-order valence-corrected chi connectivity index (χ3v) is 8.68. The number of anilines is 2. The van der Waals surface area contributed by atoms with Gasteiger partial charge in [0.15, 0.2) is 0 Å². The molecule has 2 aromatic carbocycles. The van der Waals surface area contributed by atoms with Gasteiger partial charge in [-0.3, -0.25) is 19.3 Å². The number of nitrogens with one attached hydrogen (secondary N) is 2. The molecule has 3 aromatic rings. The van der Waals surface area contributed by atoms with E-state index in [-0.39, 0.29) is 36.3 Å². The number of benzene rings is 2. The van der Waals surface area contributed by atoms with Crippen molar-refractivity contribution in [1.29, 1.82) is 0 Å². The van der Waals surface area contributed by atoms with Crippen LogP contribution >= 0.6 is 0 Å². The summed E-state index contributed by atoms with van der Waals surface area (Å²) in [6.07, 6.45) is 4.71. The Morgan fingerprint density at radius 2 is 1.87 bits per heavy atom. The summed E-state index contributed by atoms with van der Waals surface area (Å²) in [5, 5.41) is 5.96. The molecule has 1 aliphatic carbocycles. The van der Waals surface area contributed by atoms with Gasteiger partial charge in [-0.2, -0.15) is 0 Å². The number of aromatic nitrogens is 1. The van der Waals surface area contributed by atoms with Gasteiger partial charge in [0.1, 0.15) is 12.4 Å². The quantitative estimate of drug-likeness (QED) is 0.566. The molecule has 38 heavy (non-hydrogen) atoms. The first-order valence-corrected chi connectivity index (χ1v) is 13.3. The Hall–Kier alpha value is -4.04. The van der Waals surface area contributed by atoms with E-state index < -0.39 is 5.41 Å². The van der Waals surface area contributed by atoms with E-state index in [0.29, 0.717) is 24.3 Å². The molecule has 4 aliphatic rings. The molecule has 3 atom stereocenters. The highest BCUT2D eigenvalue weighted by Gasteiger charge is 2.51. The van der Waals surface area contributed by atoms with Crippen molar-refractivity contribution in [2.24, 2.45) is 0 Å². The molecule has 4 heterocycles. The van der Waals surface area contributed by atoms with Gasteiger partial charge in [0.2, 0.25) is 17.7 Å². The molecule has 0 unspecified atom stereocenters. The lowest BCUT2D eigenvalue weighted by atomic mass is 9.79. The van der Waals surface area contributed by atoms with Crippen molar-refractivity contribution in [2.75, 3.05) is 30.3 Å². The van der Waals surface area contributed by atoms with E-state index >= 15 is 0 Å². The van der Waals surface area contributed by atoms with Gasteiger partial charge in [-0.1, -0.05) is 42.5 Å². The Morgan fingerprint density at radius 1 is 1.03 bits per heavy atom. The van der Waals surface area contributed by atoms with Crippen LogP contribution < -0.4 is 10.6 Å². The van der Waals surface area contributed by atoms with Crippen LogP contribution in [0.1, 0.15) is 41.1 Å². The van der Waals surface area contributed by atoms with Crippen LogP contribution in [0.4, 0.5) is 11.5 Å². The third kappa shape index (κ3) is 3.62. The van der Waals surface area contributed by atoms with E-state index in [2.05, 4.69) is 20.5 Å². The van der Waals surface area contributed by atoms with E-state index in [1.165, 1.54) is 0 Å². The molecule has 8 nitrogen and oxygen atoms in total. The van der Waals surface area contributed by atoms with Crippen molar-refractivity contribution in [3.63, 3.8) is 0 Å². The number of hydrogen-bond acceptors (Lipinski definition) is 5. The number of piperazine rings is 1. The summed E-state index contributed by atoms with van der Waals surface area (Å²) in [4.78, 5) is 48.1. The third-order valence-electron chi connectivity index (χ3n) is 8.68. The Bertz CT molecular complexity index is 1460. The zero-order valence-corrected chi connectivity index (χ0v) is 21.0. The summed E-state index contributed by atoms with van der Waals surface area (Å²) in [5.41, 5.74) is 4.16. The molecule has 7 rings (SSSR count). The Balaban J connectivity index is 1.10. The summed E-state index contributed by atoms with van der Waals surface area (Å²) in [6, 6.07) is 19.4. The average molecular weight is 508 g/mol. The molecule has 0 bridgehead atoms.